The van der Waals surface area contributed by atoms with E-state index in [0.717, 1.165) is 80.6 Å². The number of aliphatic hydroxyl groups is 1. The van der Waals surface area contributed by atoms with E-state index in [0.29, 0.717) is 6.10 Å². The van der Waals surface area contributed by atoms with Gasteiger partial charge in [-0.15, -0.1) is 0 Å². The molecule has 0 spiro atoms. The van der Waals surface area contributed by atoms with Gasteiger partial charge in [0.25, 0.3) is 0 Å². The summed E-state index contributed by atoms with van der Waals surface area (Å²) in [6, 6.07) is 16.0. The molecule has 4 nitrogen and oxygen atoms in total. The van der Waals surface area contributed by atoms with Crippen LogP contribution in [0.4, 0.5) is 0 Å². The van der Waals surface area contributed by atoms with E-state index in [1.54, 1.807) is 0 Å². The number of ether oxygens (including phenoxy) is 1. The lowest BCUT2D eigenvalue weighted by Gasteiger charge is -2.40. The summed E-state index contributed by atoms with van der Waals surface area (Å²) in [7, 11) is 0. The third-order valence-electron chi connectivity index (χ3n) is 6.78. The number of hydrogen-bond acceptors (Lipinski definition) is 4. The van der Waals surface area contributed by atoms with Crippen LogP contribution in [-0.4, -0.2) is 41.5 Å². The standard InChI is InChI=1S/C25H29NO3/c27-24-19(7-6-18-16-22(10-11-23(18)24)29-21-8-9-21)17-26-14-12-25(28,13-15-26)20-4-2-1-3-5-20/h1-5,10-11,16,19,21,28H,6-9,12-15,17H2. The zero-order chi connectivity index (χ0) is 19.8. The highest BCUT2D eigenvalue weighted by Crippen LogP contribution is 2.35. The van der Waals surface area contributed by atoms with Gasteiger partial charge in [-0.1, -0.05) is 30.3 Å². The summed E-state index contributed by atoms with van der Waals surface area (Å²) in [4.78, 5) is 15.4. The van der Waals surface area contributed by atoms with Crippen LogP contribution in [0.1, 0.15) is 53.6 Å². The highest BCUT2D eigenvalue weighted by molar-refractivity contribution is 6.00. The molecule has 2 aromatic carbocycles. The summed E-state index contributed by atoms with van der Waals surface area (Å²) in [5.74, 6) is 1.24. The van der Waals surface area contributed by atoms with Gasteiger partial charge in [0.2, 0.25) is 0 Å². The summed E-state index contributed by atoms with van der Waals surface area (Å²) in [5.41, 5.74) is 2.29. The molecule has 0 aromatic heterocycles. The van der Waals surface area contributed by atoms with Crippen molar-refractivity contribution in [1.82, 2.24) is 4.90 Å². The number of carbonyl (C=O) groups excluding carboxylic acids is 1. The quantitative estimate of drug-likeness (QED) is 0.838. The Hall–Kier alpha value is -2.17. The van der Waals surface area contributed by atoms with Crippen LogP contribution in [0.15, 0.2) is 48.5 Å². The van der Waals surface area contributed by atoms with Crippen molar-refractivity contribution in [3.05, 3.63) is 65.2 Å². The van der Waals surface area contributed by atoms with Crippen molar-refractivity contribution < 1.29 is 14.6 Å². The van der Waals surface area contributed by atoms with Crippen LogP contribution in [-0.2, 0) is 12.0 Å². The minimum atomic E-state index is -0.737. The topological polar surface area (TPSA) is 49.8 Å². The van der Waals surface area contributed by atoms with Gasteiger partial charge in [0.1, 0.15) is 5.75 Å². The van der Waals surface area contributed by atoms with Crippen LogP contribution in [0, 0.1) is 5.92 Å². The molecule has 1 saturated heterocycles. The fraction of sp³-hybridized carbons (Fsp3) is 0.480. The van der Waals surface area contributed by atoms with Crippen molar-refractivity contribution in [2.75, 3.05) is 19.6 Å². The maximum Gasteiger partial charge on any atom is 0.167 e. The van der Waals surface area contributed by atoms with E-state index in [1.807, 2.05) is 42.5 Å². The average Bonchev–Trinajstić information content (AvgIpc) is 3.56. The molecule has 0 amide bonds. The van der Waals surface area contributed by atoms with Crippen molar-refractivity contribution in [2.24, 2.45) is 5.92 Å². The second kappa shape index (κ2) is 7.58. The van der Waals surface area contributed by atoms with Crippen LogP contribution >= 0.6 is 0 Å². The molecule has 1 heterocycles. The summed E-state index contributed by atoms with van der Waals surface area (Å²) < 4.78 is 5.89. The van der Waals surface area contributed by atoms with E-state index in [2.05, 4.69) is 11.0 Å². The normalized spacial score (nSPS) is 24.2. The van der Waals surface area contributed by atoms with E-state index < -0.39 is 5.60 Å². The van der Waals surface area contributed by atoms with E-state index in [1.165, 1.54) is 0 Å². The summed E-state index contributed by atoms with van der Waals surface area (Å²) in [6.07, 6.45) is 5.95. The third kappa shape index (κ3) is 3.96. The molecule has 1 unspecified atom stereocenters. The van der Waals surface area contributed by atoms with Gasteiger partial charge >= 0.3 is 0 Å². The molecule has 0 bridgehead atoms. The van der Waals surface area contributed by atoms with Gasteiger partial charge in [0.05, 0.1) is 11.7 Å². The molecule has 2 aromatic rings. The van der Waals surface area contributed by atoms with Crippen molar-refractivity contribution in [3.8, 4) is 5.75 Å². The maximum absolute atomic E-state index is 13.1. The zero-order valence-electron chi connectivity index (χ0n) is 16.8. The Morgan fingerprint density at radius 3 is 2.52 bits per heavy atom. The number of ketones is 1. The van der Waals surface area contributed by atoms with Crippen molar-refractivity contribution in [3.63, 3.8) is 0 Å². The number of nitrogens with zero attached hydrogens (tertiary/aromatic N) is 1. The largest absolute Gasteiger partial charge is 0.490 e. The van der Waals surface area contributed by atoms with Crippen LogP contribution in [0.25, 0.3) is 0 Å². The number of aryl methyl sites for hydroxylation is 1. The number of Topliss-reactive ketones (excluding diaryl/α,β-unsaturated/α-hetero) is 1. The molecule has 2 aliphatic carbocycles. The highest BCUT2D eigenvalue weighted by Gasteiger charge is 2.36. The molecule has 4 heteroatoms. The van der Waals surface area contributed by atoms with Gasteiger partial charge in [0.15, 0.2) is 5.78 Å². The molecule has 0 radical (unpaired) electrons. The summed E-state index contributed by atoms with van der Waals surface area (Å²) in [5, 5.41) is 11.0. The Balaban J connectivity index is 1.20. The molecule has 2 fully saturated rings. The third-order valence-corrected chi connectivity index (χ3v) is 6.78. The van der Waals surface area contributed by atoms with E-state index >= 15 is 0 Å². The fourth-order valence-electron chi connectivity index (χ4n) is 4.78. The van der Waals surface area contributed by atoms with Crippen LogP contribution in [0.3, 0.4) is 0 Å². The molecule has 5 rings (SSSR count). The predicted molar refractivity (Wildman–Crippen MR) is 112 cm³/mol. The maximum atomic E-state index is 13.1. The summed E-state index contributed by atoms with van der Waals surface area (Å²) in [6.45, 7) is 2.45. The number of piperidine rings is 1. The lowest BCUT2D eigenvalue weighted by molar-refractivity contribution is -0.0283. The minimum absolute atomic E-state index is 0.0561. The Morgan fingerprint density at radius 2 is 1.79 bits per heavy atom. The smallest absolute Gasteiger partial charge is 0.167 e. The number of benzene rings is 2. The van der Waals surface area contributed by atoms with Gasteiger partial charge in [-0.25, -0.2) is 0 Å². The number of rotatable bonds is 5. The number of fused-ring (bicyclic) bond motifs is 1. The first-order valence-corrected chi connectivity index (χ1v) is 10.9. The van der Waals surface area contributed by atoms with E-state index in [-0.39, 0.29) is 11.7 Å². The predicted octanol–water partition coefficient (Wildman–Crippen LogP) is 3.96. The average molecular weight is 392 g/mol. The molecule has 29 heavy (non-hydrogen) atoms. The first-order valence-electron chi connectivity index (χ1n) is 10.9. The SMILES string of the molecule is O=C1c2ccc(OC3CC3)cc2CCC1CN1CCC(O)(c2ccccc2)CC1. The van der Waals surface area contributed by atoms with Crippen molar-refractivity contribution >= 4 is 5.78 Å². The first kappa shape index (κ1) is 18.8. The fourth-order valence-corrected chi connectivity index (χ4v) is 4.78. The van der Waals surface area contributed by atoms with Gasteiger partial charge in [-0.2, -0.15) is 0 Å². The lowest BCUT2D eigenvalue weighted by atomic mass is 9.81. The molecule has 152 valence electrons. The van der Waals surface area contributed by atoms with E-state index in [4.69, 9.17) is 4.74 Å². The van der Waals surface area contributed by atoms with Crippen molar-refractivity contribution in [2.45, 2.75) is 50.2 Å². The summed E-state index contributed by atoms with van der Waals surface area (Å²) >= 11 is 0. The lowest BCUT2D eigenvalue weighted by Crippen LogP contribution is -2.45. The van der Waals surface area contributed by atoms with Crippen LogP contribution in [0.2, 0.25) is 0 Å². The van der Waals surface area contributed by atoms with Crippen LogP contribution in [0.5, 0.6) is 5.75 Å². The monoisotopic (exact) mass is 391 g/mol. The van der Waals surface area contributed by atoms with Gasteiger partial charge < -0.3 is 14.7 Å². The second-order valence-corrected chi connectivity index (χ2v) is 8.93. The number of carbonyl (C=O) groups is 1. The molecule has 1 N–H and O–H groups in total. The van der Waals surface area contributed by atoms with E-state index in [9.17, 15) is 9.90 Å². The van der Waals surface area contributed by atoms with Crippen LogP contribution < -0.4 is 4.74 Å². The Labute approximate surface area is 172 Å². The van der Waals surface area contributed by atoms with Crippen molar-refractivity contribution in [1.29, 1.82) is 0 Å². The molecule has 1 saturated carbocycles. The van der Waals surface area contributed by atoms with Gasteiger partial charge in [-0.3, -0.25) is 4.79 Å². The van der Waals surface area contributed by atoms with Gasteiger partial charge in [-0.05, 0) is 67.9 Å². The Kier molecular flexibility index (Phi) is 4.92. The van der Waals surface area contributed by atoms with Gasteiger partial charge in [0, 0.05) is 31.1 Å². The second-order valence-electron chi connectivity index (χ2n) is 8.93. The zero-order valence-corrected chi connectivity index (χ0v) is 16.8. The first-order chi connectivity index (χ1) is 14.1. The molecule has 1 aliphatic heterocycles. The molecular formula is C25H29NO3. The Bertz CT molecular complexity index is 882. The number of hydrogen-bond donors (Lipinski definition) is 1. The Morgan fingerprint density at radius 1 is 1.03 bits per heavy atom. The highest BCUT2D eigenvalue weighted by atomic mass is 16.5. The molecule has 3 aliphatic rings. The molecule has 1 atom stereocenters. The number of likely N-dealkylation sites (tertiary alicyclic amines) is 1. The molecular weight excluding hydrogens is 362 g/mol. The minimum Gasteiger partial charge on any atom is -0.490 e.